The summed E-state index contributed by atoms with van der Waals surface area (Å²) in [5, 5.41) is 3.03. The molecule has 0 spiro atoms. The molecule has 152 valence electrons. The molecule has 2 aliphatic rings. The van der Waals surface area contributed by atoms with Gasteiger partial charge >= 0.3 is 0 Å². The summed E-state index contributed by atoms with van der Waals surface area (Å²) in [5.41, 5.74) is 3.30. The zero-order valence-corrected chi connectivity index (χ0v) is 17.0. The Labute approximate surface area is 172 Å². The quantitative estimate of drug-likeness (QED) is 0.823. The number of aryl methyl sites for hydroxylation is 1. The molecule has 5 nitrogen and oxygen atoms in total. The predicted octanol–water partition coefficient (Wildman–Crippen LogP) is 3.17. The lowest BCUT2D eigenvalue weighted by molar-refractivity contribution is -0.135. The van der Waals surface area contributed by atoms with E-state index in [2.05, 4.69) is 41.4 Å². The van der Waals surface area contributed by atoms with Gasteiger partial charge in [0, 0.05) is 38.4 Å². The Hall–Kier alpha value is -2.66. The van der Waals surface area contributed by atoms with Crippen molar-refractivity contribution in [3.05, 3.63) is 65.7 Å². The number of nitrogens with zero attached hydrogens (tertiary/aromatic N) is 2. The van der Waals surface area contributed by atoms with Gasteiger partial charge < -0.3 is 10.2 Å². The lowest BCUT2D eigenvalue weighted by Crippen LogP contribution is -2.49. The maximum Gasteiger partial charge on any atom is 0.228 e. The van der Waals surface area contributed by atoms with Gasteiger partial charge in [-0.05, 0) is 30.0 Å². The molecule has 2 atom stereocenters. The van der Waals surface area contributed by atoms with Crippen molar-refractivity contribution in [3.63, 3.8) is 0 Å². The summed E-state index contributed by atoms with van der Waals surface area (Å²) in [4.78, 5) is 29.8. The Morgan fingerprint density at radius 1 is 0.931 bits per heavy atom. The fraction of sp³-hybridized carbons (Fsp3) is 0.417. The summed E-state index contributed by atoms with van der Waals surface area (Å²) in [7, 11) is 0. The van der Waals surface area contributed by atoms with Gasteiger partial charge in [0.15, 0.2) is 0 Å². The third-order valence-electron chi connectivity index (χ3n) is 6.03. The minimum atomic E-state index is -0.185. The number of carbonyl (C=O) groups is 2. The second kappa shape index (κ2) is 8.78. The fourth-order valence-electron chi connectivity index (χ4n) is 4.14. The number of benzene rings is 2. The van der Waals surface area contributed by atoms with Gasteiger partial charge in [-0.1, -0.05) is 55.5 Å². The number of carbonyl (C=O) groups excluding carboxylic acids is 2. The molecule has 0 aromatic heterocycles. The lowest BCUT2D eigenvalue weighted by atomic mass is 10.1. The fourth-order valence-corrected chi connectivity index (χ4v) is 4.14. The third-order valence-corrected chi connectivity index (χ3v) is 6.03. The van der Waals surface area contributed by atoms with Crippen LogP contribution in [0.2, 0.25) is 0 Å². The lowest BCUT2D eigenvalue weighted by Gasteiger charge is -2.35. The van der Waals surface area contributed by atoms with Crippen LogP contribution in [0.25, 0.3) is 0 Å². The standard InChI is InChI=1S/C24H29N3O2/c1-2-19-10-6-7-11-22(19)25-23(28)20-16-21(20)24(29)27-14-12-26(13-15-27)17-18-8-4-3-5-9-18/h3-11,20-21H,2,12-17H2,1H3,(H,25,28). The van der Waals surface area contributed by atoms with Gasteiger partial charge in [-0.15, -0.1) is 0 Å². The van der Waals surface area contributed by atoms with E-state index in [4.69, 9.17) is 0 Å². The van der Waals surface area contributed by atoms with Gasteiger partial charge in [-0.3, -0.25) is 14.5 Å². The van der Waals surface area contributed by atoms with Gasteiger partial charge in [0.05, 0.1) is 11.8 Å². The second-order valence-corrected chi connectivity index (χ2v) is 8.04. The van der Waals surface area contributed by atoms with E-state index >= 15 is 0 Å². The molecule has 0 radical (unpaired) electrons. The van der Waals surface area contributed by atoms with Gasteiger partial charge in [0.1, 0.15) is 0 Å². The second-order valence-electron chi connectivity index (χ2n) is 8.04. The highest BCUT2D eigenvalue weighted by molar-refractivity contribution is 6.00. The molecule has 1 aliphatic carbocycles. The summed E-state index contributed by atoms with van der Waals surface area (Å²) >= 11 is 0. The Morgan fingerprint density at radius 2 is 1.62 bits per heavy atom. The number of hydrogen-bond acceptors (Lipinski definition) is 3. The molecule has 1 heterocycles. The van der Waals surface area contributed by atoms with Crippen molar-refractivity contribution < 1.29 is 9.59 Å². The summed E-state index contributed by atoms with van der Waals surface area (Å²) in [6.07, 6.45) is 1.54. The number of anilines is 1. The third kappa shape index (κ3) is 4.67. The van der Waals surface area contributed by atoms with Crippen LogP contribution in [-0.2, 0) is 22.6 Å². The Kier molecular flexibility index (Phi) is 5.95. The first-order valence-electron chi connectivity index (χ1n) is 10.6. The van der Waals surface area contributed by atoms with Crippen molar-refractivity contribution in [2.75, 3.05) is 31.5 Å². The number of para-hydroxylation sites is 1. The van der Waals surface area contributed by atoms with Crippen LogP contribution in [0.4, 0.5) is 5.69 Å². The molecule has 1 N–H and O–H groups in total. The highest BCUT2D eigenvalue weighted by atomic mass is 16.2. The molecule has 2 aromatic rings. The van der Waals surface area contributed by atoms with Crippen molar-refractivity contribution in [1.29, 1.82) is 0 Å². The van der Waals surface area contributed by atoms with E-state index in [0.29, 0.717) is 6.42 Å². The van der Waals surface area contributed by atoms with E-state index in [0.717, 1.165) is 50.4 Å². The van der Waals surface area contributed by atoms with Crippen LogP contribution in [0.1, 0.15) is 24.5 Å². The Morgan fingerprint density at radius 3 is 2.34 bits per heavy atom. The Bertz CT molecular complexity index is 859. The monoisotopic (exact) mass is 391 g/mol. The first-order valence-corrected chi connectivity index (χ1v) is 10.6. The maximum atomic E-state index is 12.8. The van der Waals surface area contributed by atoms with Crippen molar-refractivity contribution in [2.45, 2.75) is 26.3 Å². The van der Waals surface area contributed by atoms with Gasteiger partial charge in [-0.2, -0.15) is 0 Å². The predicted molar refractivity (Wildman–Crippen MR) is 114 cm³/mol. The molecule has 1 saturated carbocycles. The van der Waals surface area contributed by atoms with Crippen molar-refractivity contribution in [3.8, 4) is 0 Å². The summed E-state index contributed by atoms with van der Waals surface area (Å²) in [6, 6.07) is 18.3. The molecule has 2 aromatic carbocycles. The summed E-state index contributed by atoms with van der Waals surface area (Å²) < 4.78 is 0. The normalized spacial score (nSPS) is 21.6. The van der Waals surface area contributed by atoms with Crippen LogP contribution in [0, 0.1) is 11.8 Å². The van der Waals surface area contributed by atoms with Crippen molar-refractivity contribution in [1.82, 2.24) is 9.80 Å². The molecule has 5 heteroatoms. The molecular formula is C24H29N3O2. The number of rotatable bonds is 6. The van der Waals surface area contributed by atoms with Gasteiger partial charge in [-0.25, -0.2) is 0 Å². The molecule has 2 unspecified atom stereocenters. The van der Waals surface area contributed by atoms with E-state index < -0.39 is 0 Å². The minimum absolute atomic E-state index is 0.0213. The van der Waals surface area contributed by atoms with E-state index in [1.165, 1.54) is 5.56 Å². The maximum absolute atomic E-state index is 12.8. The van der Waals surface area contributed by atoms with Crippen LogP contribution < -0.4 is 5.32 Å². The average molecular weight is 392 g/mol. The van der Waals surface area contributed by atoms with Crippen molar-refractivity contribution in [2.24, 2.45) is 11.8 Å². The molecule has 1 aliphatic heterocycles. The van der Waals surface area contributed by atoms with Crippen molar-refractivity contribution >= 4 is 17.5 Å². The Balaban J connectivity index is 1.25. The molecule has 0 bridgehead atoms. The molecule has 2 fully saturated rings. The molecule has 2 amide bonds. The van der Waals surface area contributed by atoms with Crippen LogP contribution >= 0.6 is 0 Å². The highest BCUT2D eigenvalue weighted by Gasteiger charge is 2.49. The number of amides is 2. The zero-order chi connectivity index (χ0) is 20.2. The SMILES string of the molecule is CCc1ccccc1NC(=O)C1CC1C(=O)N1CCN(Cc2ccccc2)CC1. The smallest absolute Gasteiger partial charge is 0.228 e. The minimum Gasteiger partial charge on any atom is -0.340 e. The highest BCUT2D eigenvalue weighted by Crippen LogP contribution is 2.41. The summed E-state index contributed by atoms with van der Waals surface area (Å²) in [6.45, 7) is 6.26. The van der Waals surface area contributed by atoms with Crippen LogP contribution in [0.15, 0.2) is 54.6 Å². The zero-order valence-electron chi connectivity index (χ0n) is 17.0. The van der Waals surface area contributed by atoms with E-state index in [-0.39, 0.29) is 23.7 Å². The largest absolute Gasteiger partial charge is 0.340 e. The van der Waals surface area contributed by atoms with E-state index in [1.54, 1.807) is 0 Å². The van der Waals surface area contributed by atoms with E-state index in [9.17, 15) is 9.59 Å². The summed E-state index contributed by atoms with van der Waals surface area (Å²) in [5.74, 6) is -0.209. The number of hydrogen-bond donors (Lipinski definition) is 1. The molecule has 4 rings (SSSR count). The first-order chi connectivity index (χ1) is 14.2. The molecule has 29 heavy (non-hydrogen) atoms. The van der Waals surface area contributed by atoms with Gasteiger partial charge in [0.2, 0.25) is 11.8 Å². The van der Waals surface area contributed by atoms with Crippen LogP contribution in [0.5, 0.6) is 0 Å². The van der Waals surface area contributed by atoms with E-state index in [1.807, 2.05) is 35.2 Å². The first kappa shape index (κ1) is 19.6. The molecular weight excluding hydrogens is 362 g/mol. The van der Waals surface area contributed by atoms with Crippen LogP contribution in [0.3, 0.4) is 0 Å². The topological polar surface area (TPSA) is 52.7 Å². The van der Waals surface area contributed by atoms with Crippen LogP contribution in [-0.4, -0.2) is 47.8 Å². The number of nitrogens with one attached hydrogen (secondary N) is 1. The average Bonchev–Trinajstić information content (AvgIpc) is 3.56. The molecule has 1 saturated heterocycles. The van der Waals surface area contributed by atoms with Gasteiger partial charge in [0.25, 0.3) is 0 Å². The number of piperazine rings is 1.